The topological polar surface area (TPSA) is 138 Å². The lowest BCUT2D eigenvalue weighted by Crippen LogP contribution is -2.37. The van der Waals surface area contributed by atoms with Crippen LogP contribution < -0.4 is 10.1 Å². The van der Waals surface area contributed by atoms with E-state index in [1.165, 1.54) is 11.7 Å². The molecule has 1 saturated heterocycles. The van der Waals surface area contributed by atoms with Crippen LogP contribution in [0.2, 0.25) is 0 Å². The van der Waals surface area contributed by atoms with Crippen molar-refractivity contribution in [1.29, 1.82) is 0 Å². The third kappa shape index (κ3) is 4.80. The van der Waals surface area contributed by atoms with Crippen molar-refractivity contribution in [1.82, 2.24) is 25.3 Å². The maximum atomic E-state index is 11.4. The minimum atomic E-state index is -0.891. The quantitative estimate of drug-likeness (QED) is 0.718. The number of pyridine rings is 1. The monoisotopic (exact) mass is 405 g/mol. The van der Waals surface area contributed by atoms with Crippen LogP contribution in [0.15, 0.2) is 12.1 Å². The average molecular weight is 405 g/mol. The number of carbonyl (C=O) groups is 2. The van der Waals surface area contributed by atoms with Crippen molar-refractivity contribution in [2.24, 2.45) is 13.0 Å². The summed E-state index contributed by atoms with van der Waals surface area (Å²) in [6.45, 7) is 2.30. The normalized spacial score (nSPS) is 18.9. The van der Waals surface area contributed by atoms with E-state index in [1.807, 2.05) is 0 Å². The molecule has 2 aromatic heterocycles. The molecule has 0 bridgehead atoms. The third-order valence-corrected chi connectivity index (χ3v) is 4.58. The molecule has 2 N–H and O–H groups in total. The molecule has 0 aromatic carbocycles. The second kappa shape index (κ2) is 8.86. The smallest absolute Gasteiger partial charge is 0.407 e. The number of hydrogen-bond acceptors (Lipinski definition) is 8. The Hall–Kier alpha value is -3.21. The Morgan fingerprint density at radius 2 is 2.17 bits per heavy atom. The van der Waals surface area contributed by atoms with Crippen LogP contribution in [0.25, 0.3) is 11.4 Å². The number of aromatic nitrogens is 4. The summed E-state index contributed by atoms with van der Waals surface area (Å²) >= 11 is 0. The highest BCUT2D eigenvalue weighted by Crippen LogP contribution is 2.27. The molecule has 1 amide bonds. The summed E-state index contributed by atoms with van der Waals surface area (Å²) in [6.07, 6.45) is -0.537. The molecule has 0 spiro atoms. The van der Waals surface area contributed by atoms with Gasteiger partial charge in [0.2, 0.25) is 0 Å². The van der Waals surface area contributed by atoms with E-state index < -0.39 is 18.0 Å². The van der Waals surface area contributed by atoms with Gasteiger partial charge in [0.05, 0.1) is 30.5 Å². The summed E-state index contributed by atoms with van der Waals surface area (Å²) in [5, 5.41) is 19.6. The number of nitrogens with zero attached hydrogens (tertiary/aromatic N) is 4. The Balaban J connectivity index is 1.75. The van der Waals surface area contributed by atoms with Crippen molar-refractivity contribution in [3.05, 3.63) is 23.5 Å². The van der Waals surface area contributed by atoms with Crippen LogP contribution in [0.3, 0.4) is 0 Å². The lowest BCUT2D eigenvalue weighted by atomic mass is 10.0. The second-order valence-electron chi connectivity index (χ2n) is 6.66. The Morgan fingerprint density at radius 1 is 1.38 bits per heavy atom. The van der Waals surface area contributed by atoms with Crippen molar-refractivity contribution in [2.75, 3.05) is 20.3 Å². The Bertz CT molecular complexity index is 899. The number of ether oxygens (including phenoxy) is 3. The van der Waals surface area contributed by atoms with Crippen LogP contribution in [-0.4, -0.2) is 63.5 Å². The van der Waals surface area contributed by atoms with E-state index in [4.69, 9.17) is 19.3 Å². The van der Waals surface area contributed by atoms with E-state index >= 15 is 0 Å². The van der Waals surface area contributed by atoms with Gasteiger partial charge in [-0.15, -0.1) is 5.10 Å². The fourth-order valence-electron chi connectivity index (χ4n) is 2.98. The molecule has 3 heterocycles. The summed E-state index contributed by atoms with van der Waals surface area (Å²) in [7, 11) is 3.18. The van der Waals surface area contributed by atoms with Crippen LogP contribution in [0, 0.1) is 12.8 Å². The van der Waals surface area contributed by atoms with Gasteiger partial charge in [0.1, 0.15) is 29.8 Å². The summed E-state index contributed by atoms with van der Waals surface area (Å²) in [5.41, 5.74) is 2.27. The molecule has 2 aromatic rings. The molecular formula is C18H23N5O6. The van der Waals surface area contributed by atoms with Gasteiger partial charge in [-0.25, -0.2) is 14.5 Å². The van der Waals surface area contributed by atoms with Crippen molar-refractivity contribution in [3.63, 3.8) is 0 Å². The maximum absolute atomic E-state index is 11.4. The van der Waals surface area contributed by atoms with Crippen LogP contribution in [0.4, 0.5) is 4.79 Å². The summed E-state index contributed by atoms with van der Waals surface area (Å²) in [4.78, 5) is 27.1. The van der Waals surface area contributed by atoms with Crippen LogP contribution in [0.1, 0.15) is 17.8 Å². The van der Waals surface area contributed by atoms with Gasteiger partial charge in [0.15, 0.2) is 0 Å². The SMILES string of the molecule is CNC(=O)OCc1c(-c2ccc(O[C@H]3COCC(C(=O)O)C3)c(C)n2)nnn1C. The Labute approximate surface area is 167 Å². The predicted octanol–water partition coefficient (Wildman–Crippen LogP) is 0.910. The molecule has 1 aliphatic heterocycles. The Morgan fingerprint density at radius 3 is 2.86 bits per heavy atom. The molecule has 1 unspecified atom stereocenters. The fraction of sp³-hybridized carbons (Fsp3) is 0.500. The minimum absolute atomic E-state index is 0.00647. The number of alkyl carbamates (subject to hydrolysis) is 1. The molecule has 3 rings (SSSR count). The number of rotatable bonds is 6. The molecular weight excluding hydrogens is 382 g/mol. The largest absolute Gasteiger partial charge is 0.486 e. The number of carboxylic acids is 1. The number of aryl methyl sites for hydroxylation is 2. The van der Waals surface area contributed by atoms with Gasteiger partial charge in [-0.3, -0.25) is 4.79 Å². The molecule has 2 atom stereocenters. The minimum Gasteiger partial charge on any atom is -0.486 e. The van der Waals surface area contributed by atoms with Crippen LogP contribution in [0.5, 0.6) is 5.75 Å². The number of aliphatic carboxylic acids is 1. The molecule has 0 radical (unpaired) electrons. The first kappa shape index (κ1) is 20.5. The van der Waals surface area contributed by atoms with Gasteiger partial charge < -0.3 is 24.6 Å². The lowest BCUT2D eigenvalue weighted by Gasteiger charge is -2.27. The zero-order valence-corrected chi connectivity index (χ0v) is 16.4. The average Bonchev–Trinajstić information content (AvgIpc) is 3.08. The van der Waals surface area contributed by atoms with Crippen molar-refractivity contribution >= 4 is 12.1 Å². The highest BCUT2D eigenvalue weighted by Gasteiger charge is 2.29. The zero-order valence-electron chi connectivity index (χ0n) is 16.4. The number of carboxylic acid groups (broad SMARTS) is 1. The maximum Gasteiger partial charge on any atom is 0.407 e. The van der Waals surface area contributed by atoms with Crippen molar-refractivity contribution in [3.8, 4) is 17.1 Å². The number of hydrogen-bond donors (Lipinski definition) is 2. The van der Waals surface area contributed by atoms with Gasteiger partial charge in [-0.1, -0.05) is 5.21 Å². The lowest BCUT2D eigenvalue weighted by molar-refractivity contribution is -0.149. The third-order valence-electron chi connectivity index (χ3n) is 4.58. The summed E-state index contributed by atoms with van der Waals surface area (Å²) in [5.74, 6) is -0.929. The van der Waals surface area contributed by atoms with Crippen molar-refractivity contribution in [2.45, 2.75) is 26.1 Å². The predicted molar refractivity (Wildman–Crippen MR) is 99.2 cm³/mol. The number of amides is 1. The van der Waals surface area contributed by atoms with E-state index in [-0.39, 0.29) is 19.3 Å². The highest BCUT2D eigenvalue weighted by atomic mass is 16.5. The van der Waals surface area contributed by atoms with Gasteiger partial charge in [0.25, 0.3) is 0 Å². The standard InChI is InChI=1S/C18H23N5O6/c1-10-15(29-12-6-11(17(24)25)7-27-8-12)5-4-13(20-10)16-14(23(3)22-21-16)9-28-18(26)19-2/h4-5,11-12H,6-9H2,1-3H3,(H,19,26)(H,24,25)/t11?,12-/m1/s1. The summed E-state index contributed by atoms with van der Waals surface area (Å²) in [6, 6.07) is 3.48. The highest BCUT2D eigenvalue weighted by molar-refractivity contribution is 5.70. The number of carbonyl (C=O) groups excluding carboxylic acids is 1. The van der Waals surface area contributed by atoms with E-state index in [0.717, 1.165) is 0 Å². The first-order valence-electron chi connectivity index (χ1n) is 9.07. The van der Waals surface area contributed by atoms with E-state index in [0.29, 0.717) is 41.6 Å². The van der Waals surface area contributed by atoms with E-state index in [1.54, 1.807) is 26.1 Å². The second-order valence-corrected chi connectivity index (χ2v) is 6.66. The Kier molecular flexibility index (Phi) is 6.27. The summed E-state index contributed by atoms with van der Waals surface area (Å²) < 4.78 is 17.9. The molecule has 11 heteroatoms. The van der Waals surface area contributed by atoms with Gasteiger partial charge >= 0.3 is 12.1 Å². The molecule has 0 aliphatic carbocycles. The first-order chi connectivity index (χ1) is 13.9. The zero-order chi connectivity index (χ0) is 21.0. The van der Waals surface area contributed by atoms with Crippen molar-refractivity contribution < 1.29 is 28.9 Å². The molecule has 11 nitrogen and oxygen atoms in total. The van der Waals surface area contributed by atoms with E-state index in [2.05, 4.69) is 20.6 Å². The van der Waals surface area contributed by atoms with Crippen LogP contribution in [-0.2, 0) is 27.9 Å². The van der Waals surface area contributed by atoms with E-state index in [9.17, 15) is 9.59 Å². The molecule has 156 valence electrons. The molecule has 1 fully saturated rings. The fourth-order valence-corrected chi connectivity index (χ4v) is 2.98. The van der Waals surface area contributed by atoms with Gasteiger partial charge in [-0.2, -0.15) is 0 Å². The van der Waals surface area contributed by atoms with Crippen LogP contribution >= 0.6 is 0 Å². The molecule has 1 aliphatic rings. The number of nitrogens with one attached hydrogen (secondary N) is 1. The van der Waals surface area contributed by atoms with Gasteiger partial charge in [0, 0.05) is 20.5 Å². The molecule has 0 saturated carbocycles. The first-order valence-corrected chi connectivity index (χ1v) is 9.07. The molecule has 29 heavy (non-hydrogen) atoms. The van der Waals surface area contributed by atoms with Gasteiger partial charge in [-0.05, 0) is 19.1 Å².